The van der Waals surface area contributed by atoms with Gasteiger partial charge in [0.25, 0.3) is 0 Å². The van der Waals surface area contributed by atoms with Gasteiger partial charge in [-0.05, 0) is 30.9 Å². The van der Waals surface area contributed by atoms with E-state index in [1.165, 1.54) is 0 Å². The van der Waals surface area contributed by atoms with Crippen LogP contribution in [0.3, 0.4) is 0 Å². The molecule has 0 N–H and O–H groups in total. The van der Waals surface area contributed by atoms with Crippen molar-refractivity contribution < 1.29 is 9.53 Å². The summed E-state index contributed by atoms with van der Waals surface area (Å²) in [6.07, 6.45) is 2.54. The summed E-state index contributed by atoms with van der Waals surface area (Å²) < 4.78 is 5.58. The van der Waals surface area contributed by atoms with Gasteiger partial charge in [-0.2, -0.15) is 0 Å². The lowest BCUT2D eigenvalue weighted by Gasteiger charge is -2.06. The van der Waals surface area contributed by atoms with Gasteiger partial charge in [0.05, 0.1) is 6.61 Å². The molecule has 4 heteroatoms. The maximum absolute atomic E-state index is 11.0. The summed E-state index contributed by atoms with van der Waals surface area (Å²) in [5.74, 6) is 1.99. The third-order valence-corrected chi connectivity index (χ3v) is 3.68. The first-order chi connectivity index (χ1) is 7.72. The monoisotopic (exact) mass is 256 g/mol. The predicted molar refractivity (Wildman–Crippen MR) is 72.3 cm³/mol. The van der Waals surface area contributed by atoms with Crippen LogP contribution in [0.25, 0.3) is 0 Å². The van der Waals surface area contributed by atoms with E-state index < -0.39 is 0 Å². The molecule has 0 aliphatic carbocycles. The predicted octanol–water partition coefficient (Wildman–Crippen LogP) is 3.21. The molecule has 0 fully saturated rings. The second-order valence-electron chi connectivity index (χ2n) is 3.36. The smallest absolute Gasteiger partial charge is 0.134 e. The Balaban J connectivity index is 2.44. The fourth-order valence-corrected chi connectivity index (χ4v) is 2.33. The number of ketones is 1. The lowest BCUT2D eigenvalue weighted by Crippen LogP contribution is -2.01. The Morgan fingerprint density at radius 3 is 2.94 bits per heavy atom. The van der Waals surface area contributed by atoms with Crippen LogP contribution in [0.5, 0.6) is 5.75 Å². The van der Waals surface area contributed by atoms with Gasteiger partial charge in [0, 0.05) is 12.2 Å². The first-order valence-corrected chi connectivity index (χ1v) is 7.82. The molecule has 0 aliphatic rings. The Bertz CT molecular complexity index is 340. The van der Waals surface area contributed by atoms with Crippen LogP contribution in [-0.4, -0.2) is 24.4 Å². The van der Waals surface area contributed by atoms with Gasteiger partial charge < -0.3 is 4.74 Å². The van der Waals surface area contributed by atoms with Gasteiger partial charge in [0.1, 0.15) is 11.5 Å². The fourth-order valence-electron chi connectivity index (χ4n) is 1.31. The minimum atomic E-state index is 0.176. The molecule has 0 aliphatic heterocycles. The summed E-state index contributed by atoms with van der Waals surface area (Å²) in [7, 11) is 3.52. The second kappa shape index (κ2) is 7.63. The molecule has 0 saturated carbocycles. The zero-order valence-electron chi connectivity index (χ0n) is 9.56. The normalized spacial score (nSPS) is 10.1. The Kier molecular flexibility index (Phi) is 6.42. The van der Waals surface area contributed by atoms with Crippen LogP contribution in [0.15, 0.2) is 24.3 Å². The van der Waals surface area contributed by atoms with Crippen LogP contribution < -0.4 is 4.74 Å². The van der Waals surface area contributed by atoms with E-state index in [1.807, 2.05) is 24.3 Å². The number of hydrogen-bond donors (Lipinski definition) is 0. The summed E-state index contributed by atoms with van der Waals surface area (Å²) in [4.78, 5) is 11.0. The number of benzene rings is 1. The average Bonchev–Trinajstić information content (AvgIpc) is 2.24. The molecule has 2 nitrogen and oxygen atoms in total. The second-order valence-corrected chi connectivity index (χ2v) is 6.05. The van der Waals surface area contributed by atoms with E-state index in [9.17, 15) is 4.79 Å². The van der Waals surface area contributed by atoms with Crippen LogP contribution in [0.4, 0.5) is 0 Å². The van der Waals surface area contributed by atoms with E-state index in [4.69, 9.17) is 4.74 Å². The summed E-state index contributed by atoms with van der Waals surface area (Å²) in [5.41, 5.74) is 1.02. The highest BCUT2D eigenvalue weighted by Crippen LogP contribution is 2.18. The number of hydrogen-bond acceptors (Lipinski definition) is 4. The van der Waals surface area contributed by atoms with Crippen molar-refractivity contribution in [3.63, 3.8) is 0 Å². The van der Waals surface area contributed by atoms with Gasteiger partial charge in [-0.3, -0.25) is 4.79 Å². The van der Waals surface area contributed by atoms with E-state index in [2.05, 4.69) is 6.26 Å². The number of carbonyl (C=O) groups excluding carboxylic acids is 1. The number of rotatable bonds is 7. The Labute approximate surface area is 105 Å². The lowest BCUT2D eigenvalue weighted by atomic mass is 10.1. The molecule has 0 unspecified atom stereocenters. The van der Waals surface area contributed by atoms with Crippen molar-refractivity contribution in [2.24, 2.45) is 0 Å². The largest absolute Gasteiger partial charge is 0.493 e. The zero-order chi connectivity index (χ0) is 11.8. The molecule has 1 aromatic carbocycles. The average molecular weight is 256 g/mol. The SMILES string of the molecule is CSSCCOc1cccc(CC(C)=O)c1. The highest BCUT2D eigenvalue weighted by atomic mass is 33.1. The standard InChI is InChI=1S/C12H16O2S2/c1-10(13)8-11-4-3-5-12(9-11)14-6-7-16-15-2/h3-5,9H,6-8H2,1-2H3. The van der Waals surface area contributed by atoms with E-state index in [0.29, 0.717) is 13.0 Å². The minimum Gasteiger partial charge on any atom is -0.493 e. The fraction of sp³-hybridized carbons (Fsp3) is 0.417. The van der Waals surface area contributed by atoms with Gasteiger partial charge in [0.15, 0.2) is 0 Å². The van der Waals surface area contributed by atoms with Crippen molar-refractivity contribution in [3.8, 4) is 5.75 Å². The van der Waals surface area contributed by atoms with Crippen LogP contribution in [0.1, 0.15) is 12.5 Å². The Morgan fingerprint density at radius 1 is 1.44 bits per heavy atom. The summed E-state index contributed by atoms with van der Waals surface area (Å²) in [6.45, 7) is 2.30. The third kappa shape index (κ3) is 5.47. The van der Waals surface area contributed by atoms with Crippen LogP contribution in [0.2, 0.25) is 0 Å². The molecule has 0 atom stereocenters. The lowest BCUT2D eigenvalue weighted by molar-refractivity contribution is -0.116. The van der Waals surface area contributed by atoms with Crippen molar-refractivity contribution in [1.82, 2.24) is 0 Å². The third-order valence-electron chi connectivity index (χ3n) is 1.90. The molecular formula is C12H16O2S2. The number of Topliss-reactive ketones (excluding diaryl/α,β-unsaturated/α-hetero) is 1. The maximum atomic E-state index is 11.0. The number of ether oxygens (including phenoxy) is 1. The molecule has 88 valence electrons. The molecular weight excluding hydrogens is 240 g/mol. The van der Waals surface area contributed by atoms with Gasteiger partial charge in [0.2, 0.25) is 0 Å². The van der Waals surface area contributed by atoms with Gasteiger partial charge in [-0.25, -0.2) is 0 Å². The topological polar surface area (TPSA) is 26.3 Å². The zero-order valence-corrected chi connectivity index (χ0v) is 11.2. The summed E-state index contributed by atoms with van der Waals surface area (Å²) in [5, 5.41) is 0. The van der Waals surface area contributed by atoms with Crippen LogP contribution in [0, 0.1) is 0 Å². The molecule has 0 bridgehead atoms. The first-order valence-electron chi connectivity index (χ1n) is 5.09. The molecule has 16 heavy (non-hydrogen) atoms. The minimum absolute atomic E-state index is 0.176. The van der Waals surface area contributed by atoms with Crippen molar-refractivity contribution in [3.05, 3.63) is 29.8 Å². The van der Waals surface area contributed by atoms with E-state index >= 15 is 0 Å². The summed E-state index contributed by atoms with van der Waals surface area (Å²) in [6, 6.07) is 7.73. The molecule has 1 aromatic rings. The van der Waals surface area contributed by atoms with E-state index in [1.54, 1.807) is 28.5 Å². The Morgan fingerprint density at radius 2 is 2.25 bits per heavy atom. The number of carbonyl (C=O) groups is 1. The van der Waals surface area contributed by atoms with Crippen molar-refractivity contribution in [2.45, 2.75) is 13.3 Å². The van der Waals surface area contributed by atoms with Crippen molar-refractivity contribution >= 4 is 27.4 Å². The van der Waals surface area contributed by atoms with Gasteiger partial charge in [-0.1, -0.05) is 33.7 Å². The highest BCUT2D eigenvalue weighted by Gasteiger charge is 2.00. The molecule has 0 amide bonds. The van der Waals surface area contributed by atoms with Gasteiger partial charge >= 0.3 is 0 Å². The molecule has 0 saturated heterocycles. The van der Waals surface area contributed by atoms with E-state index in [0.717, 1.165) is 17.1 Å². The quantitative estimate of drug-likeness (QED) is 0.553. The molecule has 0 heterocycles. The maximum Gasteiger partial charge on any atom is 0.134 e. The highest BCUT2D eigenvalue weighted by molar-refractivity contribution is 8.76. The molecule has 1 rings (SSSR count). The molecule has 0 aromatic heterocycles. The van der Waals surface area contributed by atoms with Crippen LogP contribution >= 0.6 is 21.6 Å². The molecule has 0 radical (unpaired) electrons. The van der Waals surface area contributed by atoms with E-state index in [-0.39, 0.29) is 5.78 Å². The Hall–Kier alpha value is -0.610. The molecule has 0 spiro atoms. The van der Waals surface area contributed by atoms with Crippen molar-refractivity contribution in [1.29, 1.82) is 0 Å². The van der Waals surface area contributed by atoms with Crippen molar-refractivity contribution in [2.75, 3.05) is 18.6 Å². The van der Waals surface area contributed by atoms with Crippen LogP contribution in [-0.2, 0) is 11.2 Å². The van der Waals surface area contributed by atoms with Gasteiger partial charge in [-0.15, -0.1) is 0 Å². The first kappa shape index (κ1) is 13.5. The summed E-state index contributed by atoms with van der Waals surface area (Å²) >= 11 is 0.